The predicted molar refractivity (Wildman–Crippen MR) is 111 cm³/mol. The van der Waals surface area contributed by atoms with Crippen molar-refractivity contribution in [2.45, 2.75) is 6.18 Å². The van der Waals surface area contributed by atoms with Crippen LogP contribution in [0, 0.1) is 0 Å². The van der Waals surface area contributed by atoms with E-state index >= 15 is 0 Å². The number of hydrogen-bond acceptors (Lipinski definition) is 4. The predicted octanol–water partition coefficient (Wildman–Crippen LogP) is 4.24. The summed E-state index contributed by atoms with van der Waals surface area (Å²) in [4.78, 5) is 3.92. The van der Waals surface area contributed by atoms with Crippen LogP contribution in [0.3, 0.4) is 0 Å². The van der Waals surface area contributed by atoms with Crippen molar-refractivity contribution in [2.24, 2.45) is 0 Å². The lowest BCUT2D eigenvalue weighted by Gasteiger charge is -2.37. The Labute approximate surface area is 173 Å². The summed E-state index contributed by atoms with van der Waals surface area (Å²) in [6.07, 6.45) is -4.35. The molecule has 1 saturated heterocycles. The minimum absolute atomic E-state index is 0.539. The van der Waals surface area contributed by atoms with Crippen molar-refractivity contribution in [3.8, 4) is 11.5 Å². The van der Waals surface area contributed by atoms with Gasteiger partial charge >= 0.3 is 6.18 Å². The molecule has 0 aromatic heterocycles. The Morgan fingerprint density at radius 2 is 1.72 bits per heavy atom. The molecule has 1 aliphatic rings. The minimum atomic E-state index is -4.35. The Bertz CT molecular complexity index is 868. The largest absolute Gasteiger partial charge is 0.497 e. The molecule has 3 rings (SSSR count). The first-order valence-corrected chi connectivity index (χ1v) is 9.43. The van der Waals surface area contributed by atoms with Gasteiger partial charge in [0, 0.05) is 37.9 Å². The molecule has 0 unspecified atom stereocenters. The van der Waals surface area contributed by atoms with Gasteiger partial charge in [-0.1, -0.05) is 6.07 Å². The number of thiocarbonyl (C=S) groups is 1. The first kappa shape index (κ1) is 21.0. The van der Waals surface area contributed by atoms with Gasteiger partial charge < -0.3 is 24.6 Å². The van der Waals surface area contributed by atoms with E-state index < -0.39 is 11.7 Å². The normalized spacial score (nSPS) is 14.5. The molecule has 1 heterocycles. The third-order valence-corrected chi connectivity index (χ3v) is 5.12. The topological polar surface area (TPSA) is 37.0 Å². The second-order valence-corrected chi connectivity index (χ2v) is 6.91. The molecule has 1 N–H and O–H groups in total. The van der Waals surface area contributed by atoms with E-state index in [0.717, 1.165) is 11.8 Å². The molecule has 1 aliphatic heterocycles. The van der Waals surface area contributed by atoms with Crippen LogP contribution in [0.2, 0.25) is 0 Å². The average molecular weight is 425 g/mol. The van der Waals surface area contributed by atoms with Crippen molar-refractivity contribution in [3.05, 3.63) is 48.0 Å². The zero-order valence-corrected chi connectivity index (χ0v) is 16.9. The van der Waals surface area contributed by atoms with Gasteiger partial charge in [-0.2, -0.15) is 13.2 Å². The Hall–Kier alpha value is -2.68. The first-order chi connectivity index (χ1) is 13.8. The Kier molecular flexibility index (Phi) is 6.36. The highest BCUT2D eigenvalue weighted by Gasteiger charge is 2.31. The van der Waals surface area contributed by atoms with E-state index in [0.29, 0.717) is 48.5 Å². The number of anilines is 2. The van der Waals surface area contributed by atoms with Gasteiger partial charge in [0.2, 0.25) is 0 Å². The van der Waals surface area contributed by atoms with Crippen molar-refractivity contribution < 1.29 is 22.6 Å². The van der Waals surface area contributed by atoms with E-state index in [4.69, 9.17) is 21.7 Å². The van der Waals surface area contributed by atoms with Gasteiger partial charge in [0.1, 0.15) is 11.5 Å². The second kappa shape index (κ2) is 8.77. The molecule has 0 atom stereocenters. The number of rotatable bonds is 4. The molecule has 1 fully saturated rings. The van der Waals surface area contributed by atoms with Crippen LogP contribution in [-0.2, 0) is 6.18 Å². The van der Waals surface area contributed by atoms with E-state index in [9.17, 15) is 13.2 Å². The third kappa shape index (κ3) is 5.03. The third-order valence-electron chi connectivity index (χ3n) is 4.76. The number of nitrogens with one attached hydrogen (secondary N) is 1. The van der Waals surface area contributed by atoms with Crippen LogP contribution in [0.5, 0.6) is 11.5 Å². The van der Waals surface area contributed by atoms with Gasteiger partial charge in [0.25, 0.3) is 0 Å². The minimum Gasteiger partial charge on any atom is -0.497 e. The summed E-state index contributed by atoms with van der Waals surface area (Å²) in [5.41, 5.74) is 0.648. The maximum absolute atomic E-state index is 12.9. The zero-order chi connectivity index (χ0) is 21.0. The first-order valence-electron chi connectivity index (χ1n) is 9.02. The van der Waals surface area contributed by atoms with E-state index in [1.807, 2.05) is 15.9 Å². The van der Waals surface area contributed by atoms with Crippen molar-refractivity contribution in [1.82, 2.24) is 4.90 Å². The van der Waals surface area contributed by atoms with Gasteiger partial charge in [0.05, 0.1) is 25.5 Å². The van der Waals surface area contributed by atoms with Crippen LogP contribution in [0.1, 0.15) is 5.56 Å². The van der Waals surface area contributed by atoms with Crippen molar-refractivity contribution in [1.29, 1.82) is 0 Å². The maximum atomic E-state index is 12.9. The van der Waals surface area contributed by atoms with Crippen LogP contribution in [0.15, 0.2) is 42.5 Å². The number of piperazine rings is 1. The van der Waals surface area contributed by atoms with Crippen molar-refractivity contribution >= 4 is 28.7 Å². The molecule has 0 spiro atoms. The number of methoxy groups -OCH3 is 2. The second-order valence-electron chi connectivity index (χ2n) is 6.52. The molecule has 0 radical (unpaired) electrons. The summed E-state index contributed by atoms with van der Waals surface area (Å²) in [5, 5.41) is 3.71. The quantitative estimate of drug-likeness (QED) is 0.739. The highest BCUT2D eigenvalue weighted by Crippen LogP contribution is 2.32. The van der Waals surface area contributed by atoms with Crippen molar-refractivity contribution in [2.75, 3.05) is 50.6 Å². The number of benzene rings is 2. The Morgan fingerprint density at radius 1 is 1.00 bits per heavy atom. The lowest BCUT2D eigenvalue weighted by atomic mass is 10.1. The summed E-state index contributed by atoms with van der Waals surface area (Å²) >= 11 is 5.51. The molecular weight excluding hydrogens is 403 g/mol. The molecule has 29 heavy (non-hydrogen) atoms. The molecule has 2 aromatic rings. The fourth-order valence-electron chi connectivity index (χ4n) is 3.14. The smallest absolute Gasteiger partial charge is 0.416 e. The van der Waals surface area contributed by atoms with E-state index in [1.54, 1.807) is 32.4 Å². The standard InChI is InChI=1S/C20H22F3N3O2S/c1-27-16-6-7-17(18(13-16)28-2)24-19(29)26-10-8-25(9-11-26)15-5-3-4-14(12-15)20(21,22)23/h3-7,12-13H,8-11H2,1-2H3,(H,24,29). The van der Waals surface area contributed by atoms with Crippen LogP contribution >= 0.6 is 12.2 Å². The molecule has 0 bridgehead atoms. The summed E-state index contributed by atoms with van der Waals surface area (Å²) in [5.74, 6) is 1.28. The summed E-state index contributed by atoms with van der Waals surface area (Å²) in [7, 11) is 3.15. The number of ether oxygens (including phenoxy) is 2. The number of hydrogen-bond donors (Lipinski definition) is 1. The molecule has 9 heteroatoms. The molecule has 156 valence electrons. The van der Waals surface area contributed by atoms with Crippen molar-refractivity contribution in [3.63, 3.8) is 0 Å². The highest BCUT2D eigenvalue weighted by atomic mass is 32.1. The molecule has 0 saturated carbocycles. The Balaban J connectivity index is 1.62. The number of halogens is 3. The van der Waals surface area contributed by atoms with Gasteiger partial charge in [-0.05, 0) is 42.5 Å². The lowest BCUT2D eigenvalue weighted by Crippen LogP contribution is -2.50. The maximum Gasteiger partial charge on any atom is 0.416 e. The van der Waals surface area contributed by atoms with E-state index in [1.165, 1.54) is 12.1 Å². The summed E-state index contributed by atoms with van der Waals surface area (Å²) < 4.78 is 49.4. The fourth-order valence-corrected chi connectivity index (χ4v) is 3.44. The zero-order valence-electron chi connectivity index (χ0n) is 16.1. The van der Waals surface area contributed by atoms with Crippen LogP contribution < -0.4 is 19.7 Å². The Morgan fingerprint density at radius 3 is 2.34 bits per heavy atom. The number of nitrogens with zero attached hydrogens (tertiary/aromatic N) is 2. The van der Waals surface area contributed by atoms with Gasteiger partial charge in [-0.25, -0.2) is 0 Å². The SMILES string of the molecule is COc1ccc(NC(=S)N2CCN(c3cccc(C(F)(F)F)c3)CC2)c(OC)c1. The number of alkyl halides is 3. The van der Waals surface area contributed by atoms with Crippen LogP contribution in [-0.4, -0.2) is 50.4 Å². The molecule has 0 amide bonds. The molecule has 0 aliphatic carbocycles. The molecule has 5 nitrogen and oxygen atoms in total. The van der Waals surface area contributed by atoms with Gasteiger partial charge in [-0.3, -0.25) is 0 Å². The monoisotopic (exact) mass is 425 g/mol. The molecule has 2 aromatic carbocycles. The average Bonchev–Trinajstić information content (AvgIpc) is 2.73. The van der Waals surface area contributed by atoms with Gasteiger partial charge in [0.15, 0.2) is 5.11 Å². The molecular formula is C20H22F3N3O2S. The van der Waals surface area contributed by atoms with Gasteiger partial charge in [-0.15, -0.1) is 0 Å². The van der Waals surface area contributed by atoms with Crippen LogP contribution in [0.4, 0.5) is 24.5 Å². The van der Waals surface area contributed by atoms with E-state index in [-0.39, 0.29) is 0 Å². The van der Waals surface area contributed by atoms with E-state index in [2.05, 4.69) is 5.32 Å². The summed E-state index contributed by atoms with van der Waals surface area (Å²) in [6, 6.07) is 10.8. The summed E-state index contributed by atoms with van der Waals surface area (Å²) in [6.45, 7) is 2.34. The highest BCUT2D eigenvalue weighted by molar-refractivity contribution is 7.80. The lowest BCUT2D eigenvalue weighted by molar-refractivity contribution is -0.137. The fraction of sp³-hybridized carbons (Fsp3) is 0.350. The van der Waals surface area contributed by atoms with Crippen LogP contribution in [0.25, 0.3) is 0 Å².